The van der Waals surface area contributed by atoms with E-state index >= 15 is 0 Å². The van der Waals surface area contributed by atoms with Gasteiger partial charge in [0.2, 0.25) is 0 Å². The molecule has 0 saturated carbocycles. The van der Waals surface area contributed by atoms with E-state index in [1.165, 1.54) is 16.7 Å². The second kappa shape index (κ2) is 18.0. The predicted octanol–water partition coefficient (Wildman–Crippen LogP) is 9.42. The molecule has 11 heteroatoms. The Hall–Kier alpha value is -6.07. The lowest BCUT2D eigenvalue weighted by Gasteiger charge is -2.25. The SMILES string of the molecule is CC(C)(C)OC(=O)N1CC=C(c2cc(-c3ccccc3)cc3cncnc23)C1.CC(C)(C)OC(=O)N1CCC(c2cc(-c3ccccc3)cc3c2NCN=C3)C1.CO. The maximum atomic E-state index is 12.5. The minimum absolute atomic E-state index is 0.224. The van der Waals surface area contributed by atoms with E-state index in [4.69, 9.17) is 14.6 Å². The number of amides is 2. The van der Waals surface area contributed by atoms with E-state index in [2.05, 4.69) is 87.0 Å². The van der Waals surface area contributed by atoms with Gasteiger partial charge in [0, 0.05) is 73.8 Å². The summed E-state index contributed by atoms with van der Waals surface area (Å²) in [5, 5.41) is 11.4. The van der Waals surface area contributed by atoms with Gasteiger partial charge in [-0.25, -0.2) is 19.6 Å². The number of aliphatic hydroxyl groups is 1. The van der Waals surface area contributed by atoms with Crippen LogP contribution >= 0.6 is 0 Å². The van der Waals surface area contributed by atoms with Gasteiger partial charge in [0.25, 0.3) is 0 Å². The number of carbonyl (C=O) groups excluding carboxylic acids is 2. The lowest BCUT2D eigenvalue weighted by Crippen LogP contribution is -2.35. The zero-order valence-electron chi connectivity index (χ0n) is 34.5. The van der Waals surface area contributed by atoms with Crippen LogP contribution in [0.4, 0.5) is 15.3 Å². The van der Waals surface area contributed by atoms with Crippen LogP contribution in [-0.2, 0) is 9.47 Å². The molecule has 11 nitrogen and oxygen atoms in total. The third-order valence-electron chi connectivity index (χ3n) is 9.79. The number of anilines is 1. The van der Waals surface area contributed by atoms with Gasteiger partial charge in [-0.3, -0.25) is 4.99 Å². The lowest BCUT2D eigenvalue weighted by atomic mass is 9.90. The summed E-state index contributed by atoms with van der Waals surface area (Å²) >= 11 is 0. The van der Waals surface area contributed by atoms with Gasteiger partial charge >= 0.3 is 12.2 Å². The van der Waals surface area contributed by atoms with Crippen molar-refractivity contribution in [2.24, 2.45) is 4.99 Å². The van der Waals surface area contributed by atoms with Crippen LogP contribution in [0.15, 0.2) is 109 Å². The van der Waals surface area contributed by atoms with Crippen molar-refractivity contribution in [1.82, 2.24) is 19.8 Å². The van der Waals surface area contributed by atoms with E-state index in [9.17, 15) is 9.59 Å². The Morgan fingerprint density at radius 3 is 2.05 bits per heavy atom. The van der Waals surface area contributed by atoms with Crippen molar-refractivity contribution < 1.29 is 24.2 Å². The Morgan fingerprint density at radius 2 is 1.41 bits per heavy atom. The van der Waals surface area contributed by atoms with E-state index in [0.717, 1.165) is 64.5 Å². The van der Waals surface area contributed by atoms with Crippen molar-refractivity contribution in [1.29, 1.82) is 0 Å². The lowest BCUT2D eigenvalue weighted by molar-refractivity contribution is 0.0287. The van der Waals surface area contributed by atoms with Gasteiger partial charge in [0.05, 0.1) is 5.52 Å². The highest BCUT2D eigenvalue weighted by atomic mass is 16.6. The van der Waals surface area contributed by atoms with E-state index in [1.54, 1.807) is 11.2 Å². The van der Waals surface area contributed by atoms with Crippen LogP contribution in [0.2, 0.25) is 0 Å². The highest BCUT2D eigenvalue weighted by Gasteiger charge is 2.33. The molecule has 8 rings (SSSR count). The zero-order valence-corrected chi connectivity index (χ0v) is 34.5. The van der Waals surface area contributed by atoms with Gasteiger partial charge in [0.15, 0.2) is 0 Å². The maximum Gasteiger partial charge on any atom is 0.410 e. The Kier molecular flexibility index (Phi) is 12.9. The molecule has 2 amide bonds. The second-order valence-corrected chi connectivity index (χ2v) is 16.4. The molecule has 0 spiro atoms. The monoisotopic (exact) mass is 782 g/mol. The number of likely N-dealkylation sites (tertiary alicyclic amines) is 1. The molecule has 0 radical (unpaired) electrons. The Bertz CT molecular complexity index is 2280. The van der Waals surface area contributed by atoms with Gasteiger partial charge in [-0.05, 0) is 106 Å². The summed E-state index contributed by atoms with van der Waals surface area (Å²) in [4.78, 5) is 41.5. The van der Waals surface area contributed by atoms with Gasteiger partial charge in [0.1, 0.15) is 24.2 Å². The molecule has 3 aliphatic rings. The number of fused-ring (bicyclic) bond motifs is 2. The molecule has 1 aromatic heterocycles. The number of ether oxygens (including phenoxy) is 2. The van der Waals surface area contributed by atoms with E-state index in [1.807, 2.05) is 83.1 Å². The largest absolute Gasteiger partial charge is 0.444 e. The molecule has 3 aliphatic heterocycles. The topological polar surface area (TPSA) is 129 Å². The zero-order chi connectivity index (χ0) is 41.5. The summed E-state index contributed by atoms with van der Waals surface area (Å²) in [6.07, 6.45) is 7.84. The first-order valence-electron chi connectivity index (χ1n) is 19.7. The van der Waals surface area contributed by atoms with Crippen LogP contribution in [0.1, 0.15) is 70.6 Å². The summed E-state index contributed by atoms with van der Waals surface area (Å²) in [7, 11) is 1.00. The number of hydrogen-bond donors (Lipinski definition) is 2. The minimum Gasteiger partial charge on any atom is -0.444 e. The predicted molar refractivity (Wildman–Crippen MR) is 232 cm³/mol. The van der Waals surface area contributed by atoms with Gasteiger partial charge in [-0.1, -0.05) is 66.7 Å². The van der Waals surface area contributed by atoms with Crippen molar-refractivity contribution in [2.75, 3.05) is 45.3 Å². The Labute approximate surface area is 341 Å². The normalized spacial score (nSPS) is 15.9. The minimum atomic E-state index is -0.507. The van der Waals surface area contributed by atoms with Gasteiger partial charge in [-0.15, -0.1) is 0 Å². The molecule has 1 fully saturated rings. The molecule has 5 aromatic rings. The number of nitrogens with one attached hydrogen (secondary N) is 1. The fourth-order valence-electron chi connectivity index (χ4n) is 7.25. The summed E-state index contributed by atoms with van der Waals surface area (Å²) < 4.78 is 11.1. The molecular weight excluding hydrogens is 729 g/mol. The molecule has 302 valence electrons. The van der Waals surface area contributed by atoms with E-state index in [-0.39, 0.29) is 18.1 Å². The smallest absolute Gasteiger partial charge is 0.410 e. The fraction of sp³-hybridized carbons (Fsp3) is 0.340. The number of aliphatic imine (C=N–C) groups is 1. The van der Waals surface area contributed by atoms with Crippen LogP contribution in [0.5, 0.6) is 0 Å². The number of hydrogen-bond acceptors (Lipinski definition) is 9. The number of benzene rings is 4. The molecule has 1 atom stereocenters. The summed E-state index contributed by atoms with van der Waals surface area (Å²) in [5.74, 6) is 0.281. The van der Waals surface area contributed by atoms with E-state index < -0.39 is 11.2 Å². The summed E-state index contributed by atoms with van der Waals surface area (Å²) in [5.41, 5.74) is 10.1. The molecule has 0 aliphatic carbocycles. The first-order chi connectivity index (χ1) is 27.8. The number of nitrogens with zero attached hydrogens (tertiary/aromatic N) is 5. The number of aromatic nitrogens is 2. The van der Waals surface area contributed by atoms with Crippen LogP contribution in [0.25, 0.3) is 38.7 Å². The molecule has 4 aromatic carbocycles. The first kappa shape index (κ1) is 41.6. The summed E-state index contributed by atoms with van der Waals surface area (Å²) in [6, 6.07) is 29.3. The third kappa shape index (κ3) is 10.3. The average Bonchev–Trinajstić information content (AvgIpc) is 3.92. The van der Waals surface area contributed by atoms with Crippen LogP contribution < -0.4 is 5.32 Å². The van der Waals surface area contributed by atoms with Crippen LogP contribution in [0, 0.1) is 0 Å². The Balaban J connectivity index is 0.000000188. The second-order valence-electron chi connectivity index (χ2n) is 16.4. The van der Waals surface area contributed by atoms with Gasteiger partial charge in [-0.2, -0.15) is 0 Å². The molecule has 0 bridgehead atoms. The number of carbonyl (C=O) groups is 2. The van der Waals surface area contributed by atoms with Crippen molar-refractivity contribution in [2.45, 2.75) is 65.1 Å². The first-order valence-corrected chi connectivity index (χ1v) is 19.7. The van der Waals surface area contributed by atoms with Crippen molar-refractivity contribution in [3.05, 3.63) is 120 Å². The van der Waals surface area contributed by atoms with Crippen molar-refractivity contribution in [3.8, 4) is 22.3 Å². The fourth-order valence-corrected chi connectivity index (χ4v) is 7.25. The quantitative estimate of drug-likeness (QED) is 0.185. The maximum absolute atomic E-state index is 12.5. The molecule has 4 heterocycles. The van der Waals surface area contributed by atoms with Crippen LogP contribution in [-0.4, -0.2) is 94.4 Å². The number of aliphatic hydroxyl groups excluding tert-OH is 1. The highest BCUT2D eigenvalue weighted by molar-refractivity contribution is 5.96. The average molecular weight is 783 g/mol. The van der Waals surface area contributed by atoms with E-state index in [0.29, 0.717) is 26.3 Å². The molecule has 1 unspecified atom stereocenters. The highest BCUT2D eigenvalue weighted by Crippen LogP contribution is 2.39. The molecule has 1 saturated heterocycles. The third-order valence-corrected chi connectivity index (χ3v) is 9.79. The molecular formula is C47H54N6O5. The molecule has 2 N–H and O–H groups in total. The van der Waals surface area contributed by atoms with Crippen LogP contribution in [0.3, 0.4) is 0 Å². The standard InChI is InChI=1S/C23H27N3O2.C23H23N3O2.CH4O/c2*1-23(2,3)28-22(27)26-10-9-17(14-26)20-12-18(16-7-5-4-6-8-16)11-19-13-24-15-25-21(19)20;1-2/h4-8,11-13,17,25H,9-10,14-15H2,1-3H3;4-9,11-13,15H,10,14H2,1-3H3;2H,1H3. The molecule has 58 heavy (non-hydrogen) atoms. The van der Waals surface area contributed by atoms with Crippen molar-refractivity contribution in [3.63, 3.8) is 0 Å². The summed E-state index contributed by atoms with van der Waals surface area (Å²) in [6.45, 7) is 14.4. The Morgan fingerprint density at radius 1 is 0.793 bits per heavy atom. The van der Waals surface area contributed by atoms with Gasteiger partial charge < -0.3 is 29.7 Å². The number of rotatable bonds is 4. The van der Waals surface area contributed by atoms with Crippen molar-refractivity contribution >= 4 is 40.6 Å².